The summed E-state index contributed by atoms with van der Waals surface area (Å²) in [4.78, 5) is 30.0. The number of ether oxygens (including phenoxy) is 1. The predicted octanol–water partition coefficient (Wildman–Crippen LogP) is 4.22. The number of aromatic nitrogens is 1. The number of benzene rings is 1. The van der Waals surface area contributed by atoms with Crippen molar-refractivity contribution in [1.29, 1.82) is 0 Å². The molecular formula is C20H26N2O3S. The maximum atomic E-state index is 12.8. The van der Waals surface area contributed by atoms with E-state index in [0.717, 1.165) is 29.1 Å². The number of hydrogen-bond acceptors (Lipinski definition) is 5. The maximum Gasteiger partial charge on any atom is 0.308 e. The number of esters is 1. The lowest BCUT2D eigenvalue weighted by Crippen LogP contribution is -2.31. The van der Waals surface area contributed by atoms with E-state index < -0.39 is 6.04 Å². The van der Waals surface area contributed by atoms with Gasteiger partial charge in [0.05, 0.1) is 29.3 Å². The van der Waals surface area contributed by atoms with E-state index in [1.165, 1.54) is 11.3 Å². The predicted molar refractivity (Wildman–Crippen MR) is 103 cm³/mol. The van der Waals surface area contributed by atoms with E-state index in [9.17, 15) is 9.59 Å². The molecule has 1 atom stereocenters. The molecule has 0 bridgehead atoms. The molecule has 1 N–H and O–H groups in total. The first kappa shape index (κ1) is 20.1. The number of hydrogen-bond donors (Lipinski definition) is 1. The summed E-state index contributed by atoms with van der Waals surface area (Å²) in [6.07, 6.45) is 1.76. The van der Waals surface area contributed by atoms with Crippen molar-refractivity contribution in [3.05, 3.63) is 51.5 Å². The Bertz CT molecular complexity index is 741. The van der Waals surface area contributed by atoms with Crippen LogP contribution in [0.15, 0.2) is 30.3 Å². The smallest absolute Gasteiger partial charge is 0.308 e. The minimum Gasteiger partial charge on any atom is -0.463 e. The summed E-state index contributed by atoms with van der Waals surface area (Å²) in [6, 6.07) is 9.04. The summed E-state index contributed by atoms with van der Waals surface area (Å²) >= 11 is 1.42. The van der Waals surface area contributed by atoms with E-state index in [-0.39, 0.29) is 24.4 Å². The third-order valence-corrected chi connectivity index (χ3v) is 4.97. The van der Waals surface area contributed by atoms with Crippen LogP contribution in [0.5, 0.6) is 0 Å². The Balaban J connectivity index is 2.18. The molecule has 0 aliphatic carbocycles. The fraction of sp³-hybridized carbons (Fsp3) is 0.450. The van der Waals surface area contributed by atoms with Crippen LogP contribution in [0.3, 0.4) is 0 Å². The monoisotopic (exact) mass is 374 g/mol. The Morgan fingerprint density at radius 3 is 2.54 bits per heavy atom. The number of nitrogens with zero attached hydrogens (tertiary/aromatic N) is 1. The second kappa shape index (κ2) is 9.48. The van der Waals surface area contributed by atoms with Crippen molar-refractivity contribution in [1.82, 2.24) is 10.3 Å². The van der Waals surface area contributed by atoms with Crippen LogP contribution in [0.2, 0.25) is 0 Å². The van der Waals surface area contributed by atoms with Gasteiger partial charge in [-0.3, -0.25) is 9.59 Å². The lowest BCUT2D eigenvalue weighted by atomic mass is 10.0. The summed E-state index contributed by atoms with van der Waals surface area (Å²) < 4.78 is 5.25. The molecule has 140 valence electrons. The van der Waals surface area contributed by atoms with Gasteiger partial charge in [-0.05, 0) is 39.2 Å². The summed E-state index contributed by atoms with van der Waals surface area (Å²) in [6.45, 7) is 7.55. The molecule has 0 aliphatic rings. The third-order valence-electron chi connectivity index (χ3n) is 3.76. The molecule has 5 nitrogen and oxygen atoms in total. The minimum atomic E-state index is -0.439. The van der Waals surface area contributed by atoms with Gasteiger partial charge >= 0.3 is 5.97 Å². The zero-order valence-corrected chi connectivity index (χ0v) is 16.6. The highest BCUT2D eigenvalue weighted by Crippen LogP contribution is 2.23. The van der Waals surface area contributed by atoms with Gasteiger partial charge in [0.2, 0.25) is 0 Å². The van der Waals surface area contributed by atoms with E-state index >= 15 is 0 Å². The van der Waals surface area contributed by atoms with Crippen molar-refractivity contribution in [3.63, 3.8) is 0 Å². The molecule has 1 aromatic heterocycles. The molecule has 1 unspecified atom stereocenters. The van der Waals surface area contributed by atoms with Crippen LogP contribution in [-0.2, 0) is 16.0 Å². The second-order valence-corrected chi connectivity index (χ2v) is 7.54. The summed E-state index contributed by atoms with van der Waals surface area (Å²) in [5.41, 5.74) is 1.60. The Morgan fingerprint density at radius 1 is 1.23 bits per heavy atom. The summed E-state index contributed by atoms with van der Waals surface area (Å²) in [5, 5.41) is 3.94. The molecule has 0 aliphatic heterocycles. The molecule has 1 amide bonds. The standard InChI is InChI=1S/C20H26N2O3S/c1-5-9-17-21-14(4)19(26-17)20(24)22-16(12-18(23)25-13(2)3)15-10-7-6-8-11-15/h6-8,10-11,13,16H,5,9,12H2,1-4H3,(H,22,24). The first-order valence-corrected chi connectivity index (χ1v) is 9.74. The van der Waals surface area contributed by atoms with Gasteiger partial charge in [0.15, 0.2) is 0 Å². The Morgan fingerprint density at radius 2 is 1.92 bits per heavy atom. The van der Waals surface area contributed by atoms with Gasteiger partial charge in [0, 0.05) is 0 Å². The van der Waals surface area contributed by atoms with Crippen LogP contribution in [-0.4, -0.2) is 23.0 Å². The highest BCUT2D eigenvalue weighted by molar-refractivity contribution is 7.13. The van der Waals surface area contributed by atoms with Crippen molar-refractivity contribution in [3.8, 4) is 0 Å². The molecule has 6 heteroatoms. The van der Waals surface area contributed by atoms with E-state index in [2.05, 4.69) is 17.2 Å². The Kier molecular flexibility index (Phi) is 7.33. The maximum absolute atomic E-state index is 12.8. The van der Waals surface area contributed by atoms with Gasteiger partial charge in [0.1, 0.15) is 4.88 Å². The fourth-order valence-corrected chi connectivity index (χ4v) is 3.69. The molecule has 1 aromatic carbocycles. The molecule has 0 saturated carbocycles. The average molecular weight is 375 g/mol. The topological polar surface area (TPSA) is 68.3 Å². The molecule has 0 spiro atoms. The Labute approximate surface area is 158 Å². The van der Waals surface area contributed by atoms with Gasteiger partial charge in [-0.2, -0.15) is 0 Å². The van der Waals surface area contributed by atoms with Crippen LogP contribution in [0.25, 0.3) is 0 Å². The zero-order valence-electron chi connectivity index (χ0n) is 15.7. The van der Waals surface area contributed by atoms with Gasteiger partial charge < -0.3 is 10.1 Å². The quantitative estimate of drug-likeness (QED) is 0.703. The Hall–Kier alpha value is -2.21. The first-order chi connectivity index (χ1) is 12.4. The van der Waals surface area contributed by atoms with Crippen molar-refractivity contribution in [2.45, 2.75) is 59.1 Å². The van der Waals surface area contributed by atoms with Gasteiger partial charge in [-0.1, -0.05) is 37.3 Å². The van der Waals surface area contributed by atoms with Crippen LogP contribution in [0.4, 0.5) is 0 Å². The van der Waals surface area contributed by atoms with Crippen molar-refractivity contribution in [2.24, 2.45) is 0 Å². The molecule has 26 heavy (non-hydrogen) atoms. The average Bonchev–Trinajstić information content (AvgIpc) is 2.95. The molecule has 2 aromatic rings. The van der Waals surface area contributed by atoms with Gasteiger partial charge in [0.25, 0.3) is 5.91 Å². The van der Waals surface area contributed by atoms with E-state index in [1.807, 2.05) is 51.1 Å². The van der Waals surface area contributed by atoms with E-state index in [0.29, 0.717) is 4.88 Å². The third kappa shape index (κ3) is 5.66. The lowest BCUT2D eigenvalue weighted by Gasteiger charge is -2.19. The number of amides is 1. The van der Waals surface area contributed by atoms with E-state index in [1.54, 1.807) is 0 Å². The van der Waals surface area contributed by atoms with Gasteiger partial charge in [-0.25, -0.2) is 4.98 Å². The van der Waals surface area contributed by atoms with Crippen molar-refractivity contribution in [2.75, 3.05) is 0 Å². The first-order valence-electron chi connectivity index (χ1n) is 8.92. The highest BCUT2D eigenvalue weighted by Gasteiger charge is 2.23. The van der Waals surface area contributed by atoms with E-state index in [4.69, 9.17) is 4.74 Å². The SMILES string of the molecule is CCCc1nc(C)c(C(=O)NC(CC(=O)OC(C)C)c2ccccc2)s1. The number of nitrogens with one attached hydrogen (secondary N) is 1. The number of thiazole rings is 1. The van der Waals surface area contributed by atoms with Gasteiger partial charge in [-0.15, -0.1) is 11.3 Å². The molecule has 0 fully saturated rings. The molecular weight excluding hydrogens is 348 g/mol. The lowest BCUT2D eigenvalue weighted by molar-refractivity contribution is -0.147. The second-order valence-electron chi connectivity index (χ2n) is 6.45. The van der Waals surface area contributed by atoms with Crippen molar-refractivity contribution < 1.29 is 14.3 Å². The van der Waals surface area contributed by atoms with Crippen LogP contribution in [0.1, 0.15) is 65.6 Å². The largest absolute Gasteiger partial charge is 0.463 e. The highest BCUT2D eigenvalue weighted by atomic mass is 32.1. The number of carbonyl (C=O) groups is 2. The number of aryl methyl sites for hydroxylation is 2. The fourth-order valence-electron chi connectivity index (χ4n) is 2.62. The number of carbonyl (C=O) groups excluding carboxylic acids is 2. The normalized spacial score (nSPS) is 12.0. The van der Waals surface area contributed by atoms with Crippen LogP contribution in [0, 0.1) is 6.92 Å². The minimum absolute atomic E-state index is 0.0909. The van der Waals surface area contributed by atoms with Crippen LogP contribution >= 0.6 is 11.3 Å². The van der Waals surface area contributed by atoms with Crippen LogP contribution < -0.4 is 5.32 Å². The molecule has 0 radical (unpaired) electrons. The number of rotatable bonds is 8. The molecule has 1 heterocycles. The zero-order chi connectivity index (χ0) is 19.1. The molecule has 0 saturated heterocycles. The summed E-state index contributed by atoms with van der Waals surface area (Å²) in [7, 11) is 0. The van der Waals surface area contributed by atoms with Crippen molar-refractivity contribution >= 4 is 23.2 Å². The summed E-state index contributed by atoms with van der Waals surface area (Å²) in [5.74, 6) is -0.532. The molecule has 2 rings (SSSR count).